The maximum absolute atomic E-state index is 13.6. The van der Waals surface area contributed by atoms with Crippen molar-refractivity contribution in [3.05, 3.63) is 92.9 Å². The number of aryl methyl sites for hydroxylation is 2. The number of hydrogen-bond acceptors (Lipinski definition) is 4. The molecule has 0 aliphatic carbocycles. The fourth-order valence-corrected chi connectivity index (χ4v) is 5.00. The van der Waals surface area contributed by atoms with E-state index < -0.39 is 0 Å². The smallest absolute Gasteiger partial charge is 0.254 e. The largest absolute Gasteiger partial charge is 0.383 e. The summed E-state index contributed by atoms with van der Waals surface area (Å²) in [7, 11) is 1.58. The van der Waals surface area contributed by atoms with Crippen LogP contribution in [-0.4, -0.2) is 48.4 Å². The molecule has 3 rings (SSSR count). The molecule has 0 saturated heterocycles. The van der Waals surface area contributed by atoms with Gasteiger partial charge in [-0.3, -0.25) is 9.59 Å². The van der Waals surface area contributed by atoms with Gasteiger partial charge in [0.1, 0.15) is 12.4 Å². The zero-order valence-electron chi connectivity index (χ0n) is 22.0. The van der Waals surface area contributed by atoms with Crippen LogP contribution in [-0.2, 0) is 29.0 Å². The molecule has 7 heteroatoms. The van der Waals surface area contributed by atoms with Crippen molar-refractivity contribution in [2.45, 2.75) is 52.6 Å². The Bertz CT molecular complexity index is 1130. The first-order chi connectivity index (χ1) is 17.9. The van der Waals surface area contributed by atoms with Crippen LogP contribution >= 0.6 is 11.3 Å². The van der Waals surface area contributed by atoms with E-state index in [0.717, 1.165) is 28.8 Å². The maximum Gasteiger partial charge on any atom is 0.254 e. The van der Waals surface area contributed by atoms with Crippen LogP contribution < -0.4 is 0 Å². The normalized spacial score (nSPS) is 10.9. The second kappa shape index (κ2) is 14.6. The van der Waals surface area contributed by atoms with Crippen molar-refractivity contribution in [3.8, 4) is 0 Å². The summed E-state index contributed by atoms with van der Waals surface area (Å²) < 4.78 is 18.7. The minimum atomic E-state index is -0.316. The summed E-state index contributed by atoms with van der Waals surface area (Å²) in [6.45, 7) is 5.53. The first-order valence-corrected chi connectivity index (χ1v) is 13.7. The van der Waals surface area contributed by atoms with Gasteiger partial charge in [0.05, 0.1) is 13.2 Å². The Morgan fingerprint density at radius 1 is 0.919 bits per heavy atom. The number of halogens is 1. The highest BCUT2D eigenvalue weighted by Gasteiger charge is 2.23. The van der Waals surface area contributed by atoms with E-state index in [1.54, 1.807) is 40.4 Å². The summed E-state index contributed by atoms with van der Waals surface area (Å²) in [6.07, 6.45) is 4.48. The molecule has 0 aliphatic rings. The zero-order chi connectivity index (χ0) is 26.6. The Hall–Kier alpha value is -3.03. The second-order valence-corrected chi connectivity index (χ2v) is 10.3. The van der Waals surface area contributed by atoms with Crippen molar-refractivity contribution in [3.63, 3.8) is 0 Å². The Morgan fingerprint density at radius 2 is 1.62 bits per heavy atom. The van der Waals surface area contributed by atoms with Crippen LogP contribution in [0.25, 0.3) is 0 Å². The van der Waals surface area contributed by atoms with E-state index in [0.29, 0.717) is 31.8 Å². The number of methoxy groups -OCH3 is 1. The molecule has 198 valence electrons. The highest BCUT2D eigenvalue weighted by molar-refractivity contribution is 7.10. The minimum Gasteiger partial charge on any atom is -0.383 e. The first-order valence-electron chi connectivity index (χ1n) is 12.8. The fourth-order valence-electron chi connectivity index (χ4n) is 4.07. The summed E-state index contributed by atoms with van der Waals surface area (Å²) in [5.74, 6) is -0.680. The second-order valence-electron chi connectivity index (χ2n) is 9.28. The summed E-state index contributed by atoms with van der Waals surface area (Å²) in [6, 6.07) is 15.9. The van der Waals surface area contributed by atoms with Gasteiger partial charge in [0.2, 0.25) is 5.91 Å². The number of rotatable bonds is 14. The van der Waals surface area contributed by atoms with Crippen molar-refractivity contribution in [2.24, 2.45) is 0 Å². The van der Waals surface area contributed by atoms with E-state index in [4.69, 9.17) is 4.74 Å². The van der Waals surface area contributed by atoms with E-state index in [9.17, 15) is 14.0 Å². The highest BCUT2D eigenvalue weighted by Crippen LogP contribution is 2.20. The van der Waals surface area contributed by atoms with E-state index in [1.165, 1.54) is 30.5 Å². The van der Waals surface area contributed by atoms with Gasteiger partial charge in [-0.15, -0.1) is 11.3 Å². The van der Waals surface area contributed by atoms with Crippen molar-refractivity contribution in [1.29, 1.82) is 0 Å². The molecule has 1 heterocycles. The molecule has 0 spiro atoms. The SMILES string of the molecule is CCCCCc1ccc(C(=O)N(CCOC)CC(=O)N(Cc2ccc(F)cc2)Cc2sccc2C)cc1. The molecular weight excluding hydrogens is 487 g/mol. The van der Waals surface area contributed by atoms with Gasteiger partial charge >= 0.3 is 0 Å². The number of carbonyl (C=O) groups is 2. The molecule has 0 aliphatic heterocycles. The average Bonchev–Trinajstić information content (AvgIpc) is 3.31. The molecule has 0 saturated carbocycles. The Balaban J connectivity index is 1.76. The average molecular weight is 525 g/mol. The topological polar surface area (TPSA) is 49.9 Å². The minimum absolute atomic E-state index is 0.0634. The molecule has 0 radical (unpaired) electrons. The molecule has 0 atom stereocenters. The number of unbranched alkanes of at least 4 members (excludes halogenated alkanes) is 2. The van der Waals surface area contributed by atoms with Crippen molar-refractivity contribution < 1.29 is 18.7 Å². The van der Waals surface area contributed by atoms with E-state index in [2.05, 4.69) is 6.92 Å². The molecule has 1 aromatic heterocycles. The molecule has 0 bridgehead atoms. The molecule has 0 unspecified atom stereocenters. The number of thiophene rings is 1. The van der Waals surface area contributed by atoms with Gasteiger partial charge in [-0.25, -0.2) is 4.39 Å². The Kier molecular flexibility index (Phi) is 11.3. The number of amides is 2. The number of carbonyl (C=O) groups excluding carboxylic acids is 2. The van der Waals surface area contributed by atoms with Crippen LogP contribution in [0.15, 0.2) is 60.0 Å². The first kappa shape index (κ1) is 28.5. The lowest BCUT2D eigenvalue weighted by Crippen LogP contribution is -2.43. The molecule has 37 heavy (non-hydrogen) atoms. The van der Waals surface area contributed by atoms with Gasteiger partial charge < -0.3 is 14.5 Å². The van der Waals surface area contributed by atoms with Crippen LogP contribution in [0.2, 0.25) is 0 Å². The van der Waals surface area contributed by atoms with Gasteiger partial charge in [-0.2, -0.15) is 0 Å². The molecule has 2 amide bonds. The Morgan fingerprint density at radius 3 is 2.24 bits per heavy atom. The van der Waals surface area contributed by atoms with Crippen LogP contribution in [0.3, 0.4) is 0 Å². The standard InChI is InChI=1S/C30H37FN2O3S/c1-4-5-6-7-24-8-12-26(13-9-24)30(35)32(17-18-36-3)22-29(34)33(21-28-23(2)16-19-37-28)20-25-10-14-27(31)15-11-25/h8-16,19H,4-7,17-18,20-22H2,1-3H3. The highest BCUT2D eigenvalue weighted by atomic mass is 32.1. The summed E-state index contributed by atoms with van der Waals surface area (Å²) in [5.41, 5.74) is 3.72. The lowest BCUT2D eigenvalue weighted by atomic mass is 10.0. The summed E-state index contributed by atoms with van der Waals surface area (Å²) in [5, 5.41) is 2.01. The molecule has 0 fully saturated rings. The quantitative estimate of drug-likeness (QED) is 0.234. The molecule has 2 aromatic carbocycles. The van der Waals surface area contributed by atoms with Crippen LogP contribution in [0.5, 0.6) is 0 Å². The third-order valence-electron chi connectivity index (χ3n) is 6.39. The molecular formula is C30H37FN2O3S. The molecule has 5 nitrogen and oxygen atoms in total. The third-order valence-corrected chi connectivity index (χ3v) is 7.40. The van der Waals surface area contributed by atoms with Crippen molar-refractivity contribution in [2.75, 3.05) is 26.8 Å². The predicted molar refractivity (Wildman–Crippen MR) is 147 cm³/mol. The number of nitrogens with zero attached hydrogens (tertiary/aromatic N) is 2. The monoisotopic (exact) mass is 524 g/mol. The van der Waals surface area contributed by atoms with Gasteiger partial charge in [-0.05, 0) is 72.2 Å². The maximum atomic E-state index is 13.6. The van der Waals surface area contributed by atoms with Crippen molar-refractivity contribution in [1.82, 2.24) is 9.80 Å². The van der Waals surface area contributed by atoms with Crippen LogP contribution in [0.1, 0.15) is 58.1 Å². The van der Waals surface area contributed by atoms with Gasteiger partial charge in [0, 0.05) is 30.6 Å². The fraction of sp³-hybridized carbons (Fsp3) is 0.400. The number of benzene rings is 2. The van der Waals surface area contributed by atoms with Crippen LogP contribution in [0.4, 0.5) is 4.39 Å². The van der Waals surface area contributed by atoms with Crippen LogP contribution in [0, 0.1) is 12.7 Å². The van der Waals surface area contributed by atoms with Crippen molar-refractivity contribution >= 4 is 23.2 Å². The Labute approximate surface area is 223 Å². The van der Waals surface area contributed by atoms with Gasteiger partial charge in [-0.1, -0.05) is 44.0 Å². The van der Waals surface area contributed by atoms with E-state index in [1.807, 2.05) is 42.6 Å². The summed E-state index contributed by atoms with van der Waals surface area (Å²) >= 11 is 1.60. The number of hydrogen-bond donors (Lipinski definition) is 0. The lowest BCUT2D eigenvalue weighted by molar-refractivity contribution is -0.133. The van der Waals surface area contributed by atoms with Gasteiger partial charge in [0.25, 0.3) is 5.91 Å². The summed E-state index contributed by atoms with van der Waals surface area (Å²) in [4.78, 5) is 31.4. The number of ether oxygens (including phenoxy) is 1. The predicted octanol–water partition coefficient (Wildman–Crippen LogP) is 6.25. The third kappa shape index (κ3) is 8.79. The van der Waals surface area contributed by atoms with E-state index in [-0.39, 0.29) is 24.2 Å². The zero-order valence-corrected chi connectivity index (χ0v) is 22.9. The molecule has 3 aromatic rings. The van der Waals surface area contributed by atoms with Gasteiger partial charge in [0.15, 0.2) is 0 Å². The van der Waals surface area contributed by atoms with E-state index >= 15 is 0 Å². The lowest BCUT2D eigenvalue weighted by Gasteiger charge is -2.28. The molecule has 0 N–H and O–H groups in total.